The van der Waals surface area contributed by atoms with Crippen molar-refractivity contribution >= 4 is 28.7 Å². The molecule has 298 valence electrons. The van der Waals surface area contributed by atoms with Crippen LogP contribution in [0.15, 0.2) is 30.3 Å². The number of nitrogens with one attached hydrogen (secondary N) is 1. The molecule has 0 saturated heterocycles. The Labute approximate surface area is 319 Å². The highest BCUT2D eigenvalue weighted by molar-refractivity contribution is 14.1. The molecule has 14 nitrogen and oxygen atoms in total. The highest BCUT2D eigenvalue weighted by atomic mass is 127. The van der Waals surface area contributed by atoms with Crippen LogP contribution in [0, 0.1) is 0 Å². The lowest BCUT2D eigenvalue weighted by molar-refractivity contribution is -0.0275. The number of carbonyl (C=O) groups is 1. The second kappa shape index (κ2) is 41.5. The summed E-state index contributed by atoms with van der Waals surface area (Å²) in [6.45, 7) is 12.1. The molecule has 0 heterocycles. The zero-order chi connectivity index (χ0) is 36.4. The first kappa shape index (κ1) is 47.8. The van der Waals surface area contributed by atoms with E-state index >= 15 is 0 Å². The number of alkyl carbamates (subject to hydrolysis) is 1. The number of alkyl halides is 1. The lowest BCUT2D eigenvalue weighted by atomic mass is 10.2. The highest BCUT2D eigenvalue weighted by Crippen LogP contribution is 2.02. The average molecular weight is 846 g/mol. The van der Waals surface area contributed by atoms with Gasteiger partial charge in [-0.2, -0.15) is 0 Å². The van der Waals surface area contributed by atoms with Gasteiger partial charge in [0.25, 0.3) is 0 Å². The molecule has 1 amide bonds. The summed E-state index contributed by atoms with van der Waals surface area (Å²) < 4.78 is 66.7. The smallest absolute Gasteiger partial charge is 0.407 e. The molecule has 1 N–H and O–H groups in total. The molecule has 1 rings (SSSR count). The fourth-order valence-corrected chi connectivity index (χ4v) is 4.49. The summed E-state index contributed by atoms with van der Waals surface area (Å²) in [6.07, 6.45) is 4.50. The van der Waals surface area contributed by atoms with Crippen LogP contribution in [0.2, 0.25) is 0 Å². The quantitative estimate of drug-likeness (QED) is 0.0576. The number of rotatable bonds is 41. The van der Waals surface area contributed by atoms with Gasteiger partial charge in [-0.05, 0) is 22.8 Å². The van der Waals surface area contributed by atoms with E-state index in [0.29, 0.717) is 145 Å². The molecule has 1 aromatic carbocycles. The summed E-state index contributed by atoms with van der Waals surface area (Å²) in [5.41, 5.74) is 0.939. The molecule has 1 aromatic rings. The molecule has 0 aliphatic heterocycles. The summed E-state index contributed by atoms with van der Waals surface area (Å²) >= 11 is 2.42. The molecule has 0 aliphatic carbocycles. The predicted octanol–water partition coefficient (Wildman–Crippen LogP) is 4.09. The SMILES string of the molecule is O=C(NCCOCCOCCOCCOCCOCCOCCOCCOCCOCCOCCOCCCCCCI)OCc1ccccc1. The normalized spacial score (nSPS) is 11.3. The van der Waals surface area contributed by atoms with Crippen molar-refractivity contribution in [1.82, 2.24) is 5.32 Å². The second-order valence-electron chi connectivity index (χ2n) is 10.8. The largest absolute Gasteiger partial charge is 0.445 e. The van der Waals surface area contributed by atoms with Crippen molar-refractivity contribution in [3.05, 3.63) is 35.9 Å². The van der Waals surface area contributed by atoms with Crippen molar-refractivity contribution in [2.75, 3.05) is 156 Å². The molecular weight excluding hydrogens is 781 g/mol. The maximum Gasteiger partial charge on any atom is 0.407 e. The first-order valence-corrected chi connectivity index (χ1v) is 19.7. The fourth-order valence-electron chi connectivity index (χ4n) is 3.95. The molecular formula is C36H64INO13. The number of hydrogen-bond donors (Lipinski definition) is 1. The van der Waals surface area contributed by atoms with Gasteiger partial charge in [0, 0.05) is 13.2 Å². The Hall–Kier alpha value is -1.22. The Morgan fingerprint density at radius 3 is 1.14 bits per heavy atom. The molecule has 0 spiro atoms. The maximum absolute atomic E-state index is 11.6. The molecule has 0 aromatic heterocycles. The Bertz CT molecular complexity index is 832. The van der Waals surface area contributed by atoms with E-state index in [1.54, 1.807) is 0 Å². The third-order valence-corrected chi connectivity index (χ3v) is 7.38. The van der Waals surface area contributed by atoms with Gasteiger partial charge < -0.3 is 62.2 Å². The van der Waals surface area contributed by atoms with Crippen molar-refractivity contribution < 1.29 is 61.6 Å². The summed E-state index contributed by atoms with van der Waals surface area (Å²) in [4.78, 5) is 11.6. The fraction of sp³-hybridized carbons (Fsp3) is 0.806. The first-order valence-electron chi connectivity index (χ1n) is 18.2. The molecule has 0 aliphatic rings. The average Bonchev–Trinajstić information content (AvgIpc) is 3.15. The van der Waals surface area contributed by atoms with Crippen molar-refractivity contribution in [2.24, 2.45) is 0 Å². The van der Waals surface area contributed by atoms with E-state index in [-0.39, 0.29) is 6.61 Å². The van der Waals surface area contributed by atoms with Gasteiger partial charge in [-0.15, -0.1) is 0 Å². The lowest BCUT2D eigenvalue weighted by Gasteiger charge is -2.09. The summed E-state index contributed by atoms with van der Waals surface area (Å²) in [5.74, 6) is 0. The molecule has 0 unspecified atom stereocenters. The van der Waals surface area contributed by atoms with Gasteiger partial charge in [0.2, 0.25) is 0 Å². The minimum atomic E-state index is -0.468. The Kier molecular flexibility index (Phi) is 38.9. The number of carbonyl (C=O) groups excluding carboxylic acids is 1. The molecule has 0 radical (unpaired) electrons. The Balaban J connectivity index is 1.62. The van der Waals surface area contributed by atoms with Crippen LogP contribution >= 0.6 is 22.6 Å². The number of halogens is 1. The van der Waals surface area contributed by atoms with E-state index in [4.69, 9.17) is 56.8 Å². The Morgan fingerprint density at radius 1 is 0.431 bits per heavy atom. The van der Waals surface area contributed by atoms with Crippen LogP contribution in [0.25, 0.3) is 0 Å². The van der Waals surface area contributed by atoms with E-state index in [2.05, 4.69) is 27.9 Å². The number of hydrogen-bond acceptors (Lipinski definition) is 13. The van der Waals surface area contributed by atoms with Crippen molar-refractivity contribution in [2.45, 2.75) is 32.3 Å². The monoisotopic (exact) mass is 845 g/mol. The number of ether oxygens (including phenoxy) is 12. The van der Waals surface area contributed by atoms with E-state index in [0.717, 1.165) is 18.6 Å². The van der Waals surface area contributed by atoms with Gasteiger partial charge in [-0.25, -0.2) is 4.79 Å². The molecule has 0 fully saturated rings. The topological polar surface area (TPSA) is 140 Å². The highest BCUT2D eigenvalue weighted by Gasteiger charge is 2.02. The summed E-state index contributed by atoms with van der Waals surface area (Å²) in [5, 5.41) is 2.64. The van der Waals surface area contributed by atoms with Gasteiger partial charge in [-0.3, -0.25) is 0 Å². The van der Waals surface area contributed by atoms with Crippen LogP contribution < -0.4 is 5.32 Å². The van der Waals surface area contributed by atoms with Crippen molar-refractivity contribution in [3.63, 3.8) is 0 Å². The van der Waals surface area contributed by atoms with Gasteiger partial charge in [-0.1, -0.05) is 65.8 Å². The lowest BCUT2D eigenvalue weighted by Crippen LogP contribution is -2.28. The zero-order valence-corrected chi connectivity index (χ0v) is 32.7. The van der Waals surface area contributed by atoms with Gasteiger partial charge in [0.15, 0.2) is 0 Å². The van der Waals surface area contributed by atoms with Crippen LogP contribution in [0.5, 0.6) is 0 Å². The maximum atomic E-state index is 11.6. The molecule has 51 heavy (non-hydrogen) atoms. The molecule has 0 atom stereocenters. The molecule has 0 bridgehead atoms. The van der Waals surface area contributed by atoms with Crippen LogP contribution in [-0.2, 0) is 63.4 Å². The second-order valence-corrected chi connectivity index (χ2v) is 11.9. The summed E-state index contributed by atoms with van der Waals surface area (Å²) in [7, 11) is 0. The van der Waals surface area contributed by atoms with Crippen LogP contribution in [-0.4, -0.2) is 162 Å². The van der Waals surface area contributed by atoms with E-state index in [1.165, 1.54) is 23.7 Å². The zero-order valence-electron chi connectivity index (χ0n) is 30.6. The third kappa shape index (κ3) is 38.3. The molecule has 15 heteroatoms. The van der Waals surface area contributed by atoms with E-state index in [9.17, 15) is 4.79 Å². The number of unbranched alkanes of at least 4 members (excludes halogenated alkanes) is 3. The van der Waals surface area contributed by atoms with E-state index < -0.39 is 6.09 Å². The standard InChI is InChI=1S/C36H64INO13/c37-10-6-1-2-7-12-40-14-16-42-18-20-44-22-24-46-26-28-48-30-32-50-33-31-49-29-27-47-25-23-45-21-19-43-17-15-41-13-11-38-36(39)51-34-35-8-4-3-5-9-35/h3-5,8-9H,1-2,6-7,10-34H2,(H,38,39). The third-order valence-electron chi connectivity index (χ3n) is 6.62. The van der Waals surface area contributed by atoms with Crippen molar-refractivity contribution in [3.8, 4) is 0 Å². The minimum absolute atomic E-state index is 0.238. The van der Waals surface area contributed by atoms with Gasteiger partial charge >= 0.3 is 6.09 Å². The summed E-state index contributed by atoms with van der Waals surface area (Å²) in [6, 6.07) is 9.51. The van der Waals surface area contributed by atoms with Crippen LogP contribution in [0.4, 0.5) is 4.79 Å². The van der Waals surface area contributed by atoms with Gasteiger partial charge in [0.05, 0.1) is 139 Å². The van der Waals surface area contributed by atoms with Gasteiger partial charge in [0.1, 0.15) is 6.61 Å². The number of amides is 1. The Morgan fingerprint density at radius 2 is 0.765 bits per heavy atom. The minimum Gasteiger partial charge on any atom is -0.445 e. The first-order chi connectivity index (χ1) is 25.3. The molecule has 0 saturated carbocycles. The predicted molar refractivity (Wildman–Crippen MR) is 201 cm³/mol. The van der Waals surface area contributed by atoms with Crippen LogP contribution in [0.3, 0.4) is 0 Å². The van der Waals surface area contributed by atoms with Crippen molar-refractivity contribution in [1.29, 1.82) is 0 Å². The van der Waals surface area contributed by atoms with E-state index in [1.807, 2.05) is 30.3 Å². The van der Waals surface area contributed by atoms with Crippen LogP contribution in [0.1, 0.15) is 31.2 Å². The number of benzene rings is 1.